The van der Waals surface area contributed by atoms with E-state index in [9.17, 15) is 0 Å². The summed E-state index contributed by atoms with van der Waals surface area (Å²) in [4.78, 5) is 3.68. The molecule has 6 aromatic carbocycles. The Morgan fingerprint density at radius 1 is 0.356 bits per heavy atom. The molecule has 0 heterocycles. The molecule has 0 aromatic heterocycles. The number of hydrogen-bond acceptors (Lipinski definition) is 7. The van der Waals surface area contributed by atoms with Crippen LogP contribution in [0.4, 0.5) is 0 Å². The van der Waals surface area contributed by atoms with Crippen molar-refractivity contribution in [2.45, 2.75) is 83.1 Å². The van der Waals surface area contributed by atoms with Gasteiger partial charge in [-0.2, -0.15) is 0 Å². The monoisotopic (exact) mass is 848 g/mol. The number of benzene rings is 6. The lowest BCUT2D eigenvalue weighted by atomic mass is 10.1. The van der Waals surface area contributed by atoms with Gasteiger partial charge in [0, 0.05) is 0 Å². The fourth-order valence-electron chi connectivity index (χ4n) is 5.98. The van der Waals surface area contributed by atoms with E-state index in [1.807, 2.05) is 114 Å². The number of nitrogens with one attached hydrogen (secondary N) is 1. The molecule has 0 saturated carbocycles. The molecule has 0 atom stereocenters. The fourth-order valence-corrected chi connectivity index (χ4v) is 11.9. The zero-order chi connectivity index (χ0) is 42.4. The standard InChI is InChI=1S/C48H55N2O6P3/c1-31-19-13-25-43(37(31)7)51-57(52-44-26-14-20-32(2)38(44)8)49-59(55-47-29-17-23-35(5)41(47)11,56-48-30-18-24-36(6)42(48)12)50-58(53-45-27-15-21-33(3)39(45)9)54-46-28-16-22-34(4)40(46)10/h13-30,49H,1-12H3. The van der Waals surface area contributed by atoms with Crippen molar-refractivity contribution >= 4 is 24.7 Å². The molecule has 0 bridgehead atoms. The summed E-state index contributed by atoms with van der Waals surface area (Å²) in [5.41, 5.74) is 12.2. The van der Waals surface area contributed by atoms with Gasteiger partial charge in [-0.1, -0.05) is 72.8 Å². The van der Waals surface area contributed by atoms with Gasteiger partial charge in [-0.05, 0) is 186 Å². The highest BCUT2D eigenvalue weighted by Gasteiger charge is 2.39. The Bertz CT molecular complexity index is 2360. The molecule has 6 aromatic rings. The Balaban J connectivity index is 1.64. The van der Waals surface area contributed by atoms with Crippen molar-refractivity contribution in [3.8, 4) is 34.5 Å². The third kappa shape index (κ3) is 10.5. The van der Waals surface area contributed by atoms with Crippen molar-refractivity contribution in [3.63, 3.8) is 0 Å². The zero-order valence-electron chi connectivity index (χ0n) is 36.1. The average Bonchev–Trinajstić information content (AvgIpc) is 3.19. The number of nitrogens with zero attached hydrogens (tertiary/aromatic N) is 1. The Hall–Kier alpha value is -4.83. The Morgan fingerprint density at radius 3 is 0.915 bits per heavy atom. The summed E-state index contributed by atoms with van der Waals surface area (Å²) in [6, 6.07) is 35.8. The minimum Gasteiger partial charge on any atom is -0.427 e. The van der Waals surface area contributed by atoms with Crippen molar-refractivity contribution in [2.75, 3.05) is 0 Å². The number of aryl methyl sites for hydroxylation is 6. The molecule has 0 aliphatic heterocycles. The van der Waals surface area contributed by atoms with Gasteiger partial charge in [-0.15, -0.1) is 9.37 Å². The third-order valence-corrected chi connectivity index (χ3v) is 16.4. The highest BCUT2D eigenvalue weighted by molar-refractivity contribution is 7.71. The van der Waals surface area contributed by atoms with Gasteiger partial charge in [0.1, 0.15) is 34.5 Å². The fraction of sp³-hybridized carbons (Fsp3) is 0.250. The largest absolute Gasteiger partial charge is 0.443 e. The SMILES string of the molecule is Cc1cccc(OP(N=P(NP(Oc2cccc(C)c2C)Oc2cccc(C)c2C)(Oc2cccc(C)c2C)Oc2cccc(C)c2C)Oc2cccc(C)c2C)c1C. The van der Waals surface area contributed by atoms with Crippen molar-refractivity contribution < 1.29 is 27.1 Å². The lowest BCUT2D eigenvalue weighted by Crippen LogP contribution is -2.20. The molecule has 11 heteroatoms. The molecule has 0 aliphatic rings. The van der Waals surface area contributed by atoms with E-state index in [0.717, 1.165) is 66.8 Å². The van der Waals surface area contributed by atoms with E-state index < -0.39 is 24.7 Å². The quantitative estimate of drug-likeness (QED) is 0.103. The molecule has 6 rings (SSSR count). The molecule has 0 amide bonds. The van der Waals surface area contributed by atoms with E-state index in [-0.39, 0.29) is 0 Å². The van der Waals surface area contributed by atoms with Crippen LogP contribution in [-0.4, -0.2) is 0 Å². The van der Waals surface area contributed by atoms with Gasteiger partial charge < -0.3 is 27.1 Å². The molecular formula is C48H55N2O6P3. The van der Waals surface area contributed by atoms with Crippen molar-refractivity contribution in [2.24, 2.45) is 4.52 Å². The summed E-state index contributed by atoms with van der Waals surface area (Å²) < 4.78 is 47.6. The van der Waals surface area contributed by atoms with Crippen LogP contribution in [0.2, 0.25) is 0 Å². The maximum atomic E-state index is 7.26. The normalized spacial score (nSPS) is 11.4. The van der Waals surface area contributed by atoms with Gasteiger partial charge in [0.15, 0.2) is 0 Å². The van der Waals surface area contributed by atoms with E-state index in [0.29, 0.717) is 34.5 Å². The first-order chi connectivity index (χ1) is 28.1. The molecule has 308 valence electrons. The molecule has 0 unspecified atom stereocenters. The van der Waals surface area contributed by atoms with Crippen molar-refractivity contribution in [1.82, 2.24) is 4.86 Å². The molecule has 0 spiro atoms. The molecule has 0 radical (unpaired) electrons. The Labute approximate surface area is 353 Å². The molecule has 1 N–H and O–H groups in total. The van der Waals surface area contributed by atoms with E-state index in [4.69, 9.17) is 31.7 Å². The van der Waals surface area contributed by atoms with Crippen LogP contribution in [0.1, 0.15) is 66.8 Å². The number of hydrogen-bond donors (Lipinski definition) is 1. The molecule has 0 aliphatic carbocycles. The highest BCUT2D eigenvalue weighted by atomic mass is 31.3. The summed E-state index contributed by atoms with van der Waals surface area (Å²) in [6.07, 6.45) is 0. The molecule has 0 fully saturated rings. The second-order valence-electron chi connectivity index (χ2n) is 14.9. The topological polar surface area (TPSA) is 79.8 Å². The van der Waals surface area contributed by atoms with E-state index in [1.165, 1.54) is 0 Å². The molecule has 59 heavy (non-hydrogen) atoms. The first-order valence-electron chi connectivity index (χ1n) is 19.6. The molecule has 0 saturated heterocycles. The summed E-state index contributed by atoms with van der Waals surface area (Å²) in [7, 11) is -8.17. The summed E-state index contributed by atoms with van der Waals surface area (Å²) in [6.45, 7) is 24.5. The van der Waals surface area contributed by atoms with Gasteiger partial charge in [0.2, 0.25) is 0 Å². The maximum absolute atomic E-state index is 7.26. The van der Waals surface area contributed by atoms with Crippen molar-refractivity contribution in [1.29, 1.82) is 0 Å². The second kappa shape index (κ2) is 19.0. The first-order valence-corrected chi connectivity index (χ1v) is 23.5. The molecule has 8 nitrogen and oxygen atoms in total. The van der Waals surface area contributed by atoms with E-state index >= 15 is 0 Å². The van der Waals surface area contributed by atoms with Crippen LogP contribution in [0.5, 0.6) is 34.5 Å². The zero-order valence-corrected chi connectivity index (χ0v) is 38.8. The third-order valence-electron chi connectivity index (χ3n) is 10.9. The average molecular weight is 849 g/mol. The van der Waals surface area contributed by atoms with Gasteiger partial charge in [-0.25, -0.2) is 0 Å². The second-order valence-corrected chi connectivity index (χ2v) is 19.6. The lowest BCUT2D eigenvalue weighted by Gasteiger charge is -2.31. The van der Waals surface area contributed by atoms with Gasteiger partial charge in [0.05, 0.1) is 0 Å². The Kier molecular flexibility index (Phi) is 14.1. The minimum absolute atomic E-state index is 0.585. The van der Waals surface area contributed by atoms with Crippen LogP contribution in [-0.2, 0) is 0 Å². The maximum Gasteiger partial charge on any atom is 0.443 e. The Morgan fingerprint density at radius 2 is 0.610 bits per heavy atom. The van der Waals surface area contributed by atoms with Crippen molar-refractivity contribution in [3.05, 3.63) is 176 Å². The highest BCUT2D eigenvalue weighted by Crippen LogP contribution is 2.62. The van der Waals surface area contributed by atoms with Gasteiger partial charge >= 0.3 is 24.7 Å². The number of rotatable bonds is 15. The van der Waals surface area contributed by atoms with Gasteiger partial charge in [-0.3, -0.25) is 0 Å². The van der Waals surface area contributed by atoms with Crippen LogP contribution in [0.25, 0.3) is 0 Å². The van der Waals surface area contributed by atoms with Gasteiger partial charge in [0.25, 0.3) is 0 Å². The summed E-state index contributed by atoms with van der Waals surface area (Å²) >= 11 is 0. The smallest absolute Gasteiger partial charge is 0.427 e. The summed E-state index contributed by atoms with van der Waals surface area (Å²) in [5.74, 6) is 3.77. The summed E-state index contributed by atoms with van der Waals surface area (Å²) in [5, 5.41) is 0. The first kappa shape index (κ1) is 43.7. The predicted octanol–water partition coefficient (Wildman–Crippen LogP) is 15.2. The van der Waals surface area contributed by atoms with Crippen LogP contribution in [0, 0.1) is 83.1 Å². The van der Waals surface area contributed by atoms with Crippen LogP contribution < -0.4 is 32.0 Å². The molecular weight excluding hydrogens is 793 g/mol. The van der Waals surface area contributed by atoms with Crippen LogP contribution in [0.15, 0.2) is 114 Å². The van der Waals surface area contributed by atoms with E-state index in [1.54, 1.807) is 0 Å². The lowest BCUT2D eigenvalue weighted by molar-refractivity contribution is 0.443. The van der Waals surface area contributed by atoms with Crippen LogP contribution >= 0.6 is 24.7 Å². The predicted molar refractivity (Wildman–Crippen MR) is 246 cm³/mol. The van der Waals surface area contributed by atoms with E-state index in [2.05, 4.69) is 82.8 Å². The minimum atomic E-state index is -3.87. The van der Waals surface area contributed by atoms with Crippen LogP contribution in [0.3, 0.4) is 0 Å².